The molecule has 3 rings (SSSR count). The lowest BCUT2D eigenvalue weighted by atomic mass is 9.79. The molecule has 1 heterocycles. The first-order chi connectivity index (χ1) is 15.9. The van der Waals surface area contributed by atoms with Crippen LogP contribution in [-0.4, -0.2) is 72.5 Å². The quantitative estimate of drug-likeness (QED) is 0.577. The summed E-state index contributed by atoms with van der Waals surface area (Å²) >= 11 is 0. The number of methoxy groups -OCH3 is 5. The van der Waals surface area contributed by atoms with E-state index in [1.165, 1.54) is 14.2 Å². The van der Waals surface area contributed by atoms with Gasteiger partial charge < -0.3 is 33.9 Å². The first-order valence-corrected chi connectivity index (χ1v) is 10.4. The van der Waals surface area contributed by atoms with Gasteiger partial charge in [-0.2, -0.15) is 0 Å². The minimum absolute atomic E-state index is 0.230. The van der Waals surface area contributed by atoms with Gasteiger partial charge in [0.15, 0.2) is 23.0 Å². The number of nitrogens with one attached hydrogen (secondary N) is 1. The Bertz CT molecular complexity index is 1020. The van der Waals surface area contributed by atoms with Crippen LogP contribution in [-0.2, 0) is 9.53 Å². The van der Waals surface area contributed by atoms with Gasteiger partial charge in [-0.1, -0.05) is 6.07 Å². The SMILES string of the molecule is COCCNC(=O)[C@H]1c2cc(OC)c(OC)cc2C(=O)N(C)[C@@H]1c1ccc(OC)c(OC)c1. The number of carbonyl (C=O) groups excluding carboxylic acids is 2. The molecule has 0 spiro atoms. The van der Waals surface area contributed by atoms with Crippen LogP contribution in [0.3, 0.4) is 0 Å². The maximum Gasteiger partial charge on any atom is 0.254 e. The van der Waals surface area contributed by atoms with Crippen LogP contribution in [0.15, 0.2) is 30.3 Å². The third-order valence-corrected chi connectivity index (χ3v) is 5.81. The summed E-state index contributed by atoms with van der Waals surface area (Å²) in [4.78, 5) is 28.4. The molecule has 9 nitrogen and oxygen atoms in total. The largest absolute Gasteiger partial charge is 0.493 e. The van der Waals surface area contributed by atoms with E-state index in [9.17, 15) is 9.59 Å². The molecule has 1 aliphatic heterocycles. The monoisotopic (exact) mass is 458 g/mol. The van der Waals surface area contributed by atoms with Crippen LogP contribution in [0.1, 0.15) is 33.4 Å². The molecule has 2 aromatic rings. The van der Waals surface area contributed by atoms with Crippen molar-refractivity contribution < 1.29 is 33.3 Å². The Hall–Kier alpha value is -3.46. The van der Waals surface area contributed by atoms with Gasteiger partial charge in [0.25, 0.3) is 5.91 Å². The number of fused-ring (bicyclic) bond motifs is 1. The highest BCUT2D eigenvalue weighted by atomic mass is 16.5. The minimum Gasteiger partial charge on any atom is -0.493 e. The molecule has 1 N–H and O–H groups in total. The average molecular weight is 459 g/mol. The number of benzene rings is 2. The number of ether oxygens (including phenoxy) is 5. The molecule has 0 fully saturated rings. The zero-order valence-corrected chi connectivity index (χ0v) is 19.8. The van der Waals surface area contributed by atoms with E-state index >= 15 is 0 Å². The lowest BCUT2D eigenvalue weighted by Crippen LogP contribution is -2.46. The van der Waals surface area contributed by atoms with Gasteiger partial charge in [0, 0.05) is 26.3 Å². The summed E-state index contributed by atoms with van der Waals surface area (Å²) in [6.45, 7) is 0.706. The lowest BCUT2D eigenvalue weighted by Gasteiger charge is -2.40. The van der Waals surface area contributed by atoms with E-state index in [0.717, 1.165) is 5.56 Å². The molecule has 0 saturated carbocycles. The fourth-order valence-corrected chi connectivity index (χ4v) is 4.17. The number of hydrogen-bond acceptors (Lipinski definition) is 7. The van der Waals surface area contributed by atoms with Crippen LogP contribution >= 0.6 is 0 Å². The third kappa shape index (κ3) is 4.54. The van der Waals surface area contributed by atoms with Gasteiger partial charge in [-0.15, -0.1) is 0 Å². The first kappa shape index (κ1) is 24.2. The van der Waals surface area contributed by atoms with Crippen LogP contribution in [0.25, 0.3) is 0 Å². The Morgan fingerprint density at radius 3 is 2.12 bits per heavy atom. The van der Waals surface area contributed by atoms with Crippen molar-refractivity contribution in [2.45, 2.75) is 12.0 Å². The summed E-state index contributed by atoms with van der Waals surface area (Å²) in [7, 11) is 9.36. The van der Waals surface area contributed by atoms with Crippen LogP contribution in [0.4, 0.5) is 0 Å². The average Bonchev–Trinajstić information content (AvgIpc) is 2.84. The van der Waals surface area contributed by atoms with Crippen LogP contribution < -0.4 is 24.3 Å². The Labute approximate surface area is 193 Å². The summed E-state index contributed by atoms with van der Waals surface area (Å²) in [5, 5.41) is 2.92. The third-order valence-electron chi connectivity index (χ3n) is 5.81. The van der Waals surface area contributed by atoms with Crippen molar-refractivity contribution in [3.8, 4) is 23.0 Å². The van der Waals surface area contributed by atoms with E-state index in [4.69, 9.17) is 23.7 Å². The van der Waals surface area contributed by atoms with Crippen molar-refractivity contribution in [1.82, 2.24) is 10.2 Å². The highest BCUT2D eigenvalue weighted by Crippen LogP contribution is 2.46. The fraction of sp³-hybridized carbons (Fsp3) is 0.417. The fourth-order valence-electron chi connectivity index (χ4n) is 4.17. The summed E-state index contributed by atoms with van der Waals surface area (Å²) < 4.78 is 26.7. The van der Waals surface area contributed by atoms with Crippen molar-refractivity contribution in [2.75, 3.05) is 55.7 Å². The van der Waals surface area contributed by atoms with E-state index in [1.54, 1.807) is 57.5 Å². The number of hydrogen-bond donors (Lipinski definition) is 1. The van der Waals surface area contributed by atoms with E-state index in [-0.39, 0.29) is 11.8 Å². The summed E-state index contributed by atoms with van der Waals surface area (Å²) in [5.41, 5.74) is 1.68. The van der Waals surface area contributed by atoms with E-state index < -0.39 is 12.0 Å². The van der Waals surface area contributed by atoms with E-state index in [0.29, 0.717) is 47.3 Å². The second-order valence-electron chi connectivity index (χ2n) is 7.53. The Kier molecular flexibility index (Phi) is 7.65. The first-order valence-electron chi connectivity index (χ1n) is 10.4. The molecule has 0 aromatic heterocycles. The smallest absolute Gasteiger partial charge is 0.254 e. The molecule has 178 valence electrons. The van der Waals surface area contributed by atoms with Crippen LogP contribution in [0.5, 0.6) is 23.0 Å². The number of carbonyl (C=O) groups is 2. The molecular weight excluding hydrogens is 428 g/mol. The highest BCUT2D eigenvalue weighted by Gasteiger charge is 2.43. The molecule has 0 aliphatic carbocycles. The number of likely N-dealkylation sites (N-methyl/N-ethyl adjacent to an activating group) is 1. The van der Waals surface area contributed by atoms with Gasteiger partial charge >= 0.3 is 0 Å². The van der Waals surface area contributed by atoms with Gasteiger partial charge in [0.1, 0.15) is 0 Å². The van der Waals surface area contributed by atoms with Crippen molar-refractivity contribution >= 4 is 11.8 Å². The highest BCUT2D eigenvalue weighted by molar-refractivity contribution is 6.02. The van der Waals surface area contributed by atoms with Crippen molar-refractivity contribution in [1.29, 1.82) is 0 Å². The molecule has 2 atom stereocenters. The molecule has 0 unspecified atom stereocenters. The zero-order chi connectivity index (χ0) is 24.1. The number of nitrogens with zero attached hydrogens (tertiary/aromatic N) is 1. The summed E-state index contributed by atoms with van der Waals surface area (Å²) in [6.07, 6.45) is 0. The standard InChI is InChI=1S/C24H30N2O7/c1-26-22(14-7-8-17(30-3)18(11-14)31-4)21(23(27)25-9-10-29-2)15-12-19(32-5)20(33-6)13-16(15)24(26)28/h7-8,11-13,21-22H,9-10H2,1-6H3,(H,25,27)/t21-,22+/m0/s1. The zero-order valence-electron chi connectivity index (χ0n) is 19.8. The van der Waals surface area contributed by atoms with Crippen molar-refractivity contribution in [3.05, 3.63) is 47.0 Å². The van der Waals surface area contributed by atoms with Gasteiger partial charge in [0.2, 0.25) is 5.91 Å². The molecule has 0 saturated heterocycles. The molecular formula is C24H30N2O7. The predicted molar refractivity (Wildman–Crippen MR) is 122 cm³/mol. The Morgan fingerprint density at radius 1 is 0.909 bits per heavy atom. The minimum atomic E-state index is -0.711. The van der Waals surface area contributed by atoms with Gasteiger partial charge in [-0.05, 0) is 35.4 Å². The van der Waals surface area contributed by atoms with E-state index in [1.807, 2.05) is 6.07 Å². The summed E-state index contributed by atoms with van der Waals surface area (Å²) in [5.74, 6) is 0.741. The molecule has 1 aliphatic rings. The molecule has 33 heavy (non-hydrogen) atoms. The molecule has 2 amide bonds. The Morgan fingerprint density at radius 2 is 1.52 bits per heavy atom. The van der Waals surface area contributed by atoms with Gasteiger partial charge in [-0.25, -0.2) is 0 Å². The Balaban J connectivity index is 2.19. The topological polar surface area (TPSA) is 95.6 Å². The van der Waals surface area contributed by atoms with Crippen molar-refractivity contribution in [2.24, 2.45) is 0 Å². The second-order valence-corrected chi connectivity index (χ2v) is 7.53. The molecule has 0 radical (unpaired) electrons. The second kappa shape index (κ2) is 10.4. The van der Waals surface area contributed by atoms with Crippen LogP contribution in [0.2, 0.25) is 0 Å². The van der Waals surface area contributed by atoms with Gasteiger partial charge in [-0.3, -0.25) is 9.59 Å². The molecule has 9 heteroatoms. The maximum absolute atomic E-state index is 13.5. The van der Waals surface area contributed by atoms with Crippen LogP contribution in [0, 0.1) is 0 Å². The summed E-state index contributed by atoms with van der Waals surface area (Å²) in [6, 6.07) is 8.10. The van der Waals surface area contributed by atoms with E-state index in [2.05, 4.69) is 5.32 Å². The number of amides is 2. The van der Waals surface area contributed by atoms with Gasteiger partial charge in [0.05, 0.1) is 47.0 Å². The maximum atomic E-state index is 13.5. The number of rotatable bonds is 9. The lowest BCUT2D eigenvalue weighted by molar-refractivity contribution is -0.124. The predicted octanol–water partition coefficient (Wildman–Crippen LogP) is 2.39. The molecule has 2 aromatic carbocycles. The normalized spacial score (nSPS) is 17.3. The molecule has 0 bridgehead atoms. The van der Waals surface area contributed by atoms with Crippen molar-refractivity contribution in [3.63, 3.8) is 0 Å².